The molecule has 1 aromatic heterocycles. The minimum Gasteiger partial charge on any atom is -0.453 e. The Morgan fingerprint density at radius 3 is 2.94 bits per heavy atom. The van der Waals surface area contributed by atoms with Gasteiger partial charge in [-0.25, -0.2) is 0 Å². The van der Waals surface area contributed by atoms with Crippen LogP contribution in [0.3, 0.4) is 0 Å². The molecule has 1 aromatic rings. The number of nitrogens with one attached hydrogen (secondary N) is 1. The molecule has 0 bridgehead atoms. The molecule has 4 heteroatoms. The monoisotopic (exact) mass is 286 g/mol. The Morgan fingerprint density at radius 2 is 2.38 bits per heavy atom. The van der Waals surface area contributed by atoms with Gasteiger partial charge in [-0.05, 0) is 61.4 Å². The van der Waals surface area contributed by atoms with Crippen LogP contribution in [0.4, 0.5) is 0 Å². The molecule has 0 saturated carbocycles. The van der Waals surface area contributed by atoms with Crippen molar-refractivity contribution >= 4 is 15.9 Å². The summed E-state index contributed by atoms with van der Waals surface area (Å²) in [5.41, 5.74) is 0. The third-order valence-corrected chi connectivity index (χ3v) is 3.89. The molecule has 0 aliphatic carbocycles. The summed E-state index contributed by atoms with van der Waals surface area (Å²) in [5, 5.41) is 3.45. The molecule has 1 fully saturated rings. The van der Waals surface area contributed by atoms with Crippen molar-refractivity contribution in [3.63, 3.8) is 0 Å². The number of hydrogen-bond donors (Lipinski definition) is 1. The van der Waals surface area contributed by atoms with Gasteiger partial charge in [-0.3, -0.25) is 4.90 Å². The lowest BCUT2D eigenvalue weighted by Gasteiger charge is -2.35. The van der Waals surface area contributed by atoms with Crippen molar-refractivity contribution < 1.29 is 4.42 Å². The van der Waals surface area contributed by atoms with Gasteiger partial charge in [0.2, 0.25) is 0 Å². The first-order valence-corrected chi connectivity index (χ1v) is 6.65. The van der Waals surface area contributed by atoms with Crippen LogP contribution in [0, 0.1) is 0 Å². The molecule has 1 saturated heterocycles. The van der Waals surface area contributed by atoms with E-state index in [2.05, 4.69) is 40.1 Å². The molecule has 2 heterocycles. The molecule has 2 unspecified atom stereocenters. The average molecular weight is 287 g/mol. The number of furan rings is 1. The molecule has 0 amide bonds. The first-order valence-electron chi connectivity index (χ1n) is 5.86. The average Bonchev–Trinajstić information content (AvgIpc) is 2.75. The second-order valence-corrected chi connectivity index (χ2v) is 5.27. The van der Waals surface area contributed by atoms with E-state index in [1.54, 1.807) is 0 Å². The highest BCUT2D eigenvalue weighted by Crippen LogP contribution is 2.26. The van der Waals surface area contributed by atoms with Crippen molar-refractivity contribution in [1.82, 2.24) is 10.2 Å². The molecule has 1 aliphatic rings. The van der Waals surface area contributed by atoms with Gasteiger partial charge in [0.25, 0.3) is 0 Å². The maximum absolute atomic E-state index is 5.61. The fourth-order valence-electron chi connectivity index (χ4n) is 2.25. The Morgan fingerprint density at radius 1 is 1.56 bits per heavy atom. The summed E-state index contributed by atoms with van der Waals surface area (Å²) >= 11 is 3.35. The lowest BCUT2D eigenvalue weighted by atomic mass is 10.0. The van der Waals surface area contributed by atoms with Crippen LogP contribution in [0.2, 0.25) is 0 Å². The van der Waals surface area contributed by atoms with Crippen molar-refractivity contribution in [2.24, 2.45) is 0 Å². The second-order valence-electron chi connectivity index (χ2n) is 4.48. The topological polar surface area (TPSA) is 28.4 Å². The predicted molar refractivity (Wildman–Crippen MR) is 68.5 cm³/mol. The Kier molecular flexibility index (Phi) is 4.05. The van der Waals surface area contributed by atoms with Gasteiger partial charge in [-0.1, -0.05) is 0 Å². The van der Waals surface area contributed by atoms with Crippen LogP contribution < -0.4 is 5.32 Å². The summed E-state index contributed by atoms with van der Waals surface area (Å²) in [6, 6.07) is 4.95. The lowest BCUT2D eigenvalue weighted by molar-refractivity contribution is 0.140. The van der Waals surface area contributed by atoms with Crippen LogP contribution in [-0.2, 0) is 0 Å². The number of rotatable bonds is 3. The molecule has 16 heavy (non-hydrogen) atoms. The van der Waals surface area contributed by atoms with E-state index in [-0.39, 0.29) is 0 Å². The number of likely N-dealkylation sites (N-methyl/N-ethyl adjacent to an activating group) is 1. The SMILES string of the molecule is CC(c1ccc(Br)o1)N(C)C1CCCNC1. The highest BCUT2D eigenvalue weighted by Gasteiger charge is 2.24. The maximum atomic E-state index is 5.61. The molecule has 0 radical (unpaired) electrons. The summed E-state index contributed by atoms with van der Waals surface area (Å²) in [6.45, 7) is 4.44. The molecule has 90 valence electrons. The molecule has 1 aliphatic heterocycles. The van der Waals surface area contributed by atoms with E-state index < -0.39 is 0 Å². The van der Waals surface area contributed by atoms with E-state index in [1.165, 1.54) is 12.8 Å². The van der Waals surface area contributed by atoms with Gasteiger partial charge in [0, 0.05) is 12.6 Å². The van der Waals surface area contributed by atoms with E-state index in [1.807, 2.05) is 12.1 Å². The van der Waals surface area contributed by atoms with Gasteiger partial charge < -0.3 is 9.73 Å². The van der Waals surface area contributed by atoms with Crippen LogP contribution in [0.15, 0.2) is 21.2 Å². The smallest absolute Gasteiger partial charge is 0.169 e. The standard InChI is InChI=1S/C12H19BrN2O/c1-9(11-5-6-12(13)16-11)15(2)10-4-3-7-14-8-10/h5-6,9-10,14H,3-4,7-8H2,1-2H3. The zero-order valence-corrected chi connectivity index (χ0v) is 11.5. The number of piperidine rings is 1. The predicted octanol–water partition coefficient (Wildman–Crippen LogP) is 2.79. The van der Waals surface area contributed by atoms with E-state index in [0.717, 1.165) is 23.5 Å². The Hall–Kier alpha value is -0.320. The van der Waals surface area contributed by atoms with Gasteiger partial charge in [-0.2, -0.15) is 0 Å². The summed E-state index contributed by atoms with van der Waals surface area (Å²) in [4.78, 5) is 2.40. The molecular weight excluding hydrogens is 268 g/mol. The maximum Gasteiger partial charge on any atom is 0.169 e. The zero-order valence-electron chi connectivity index (χ0n) is 9.87. The van der Waals surface area contributed by atoms with Crippen LogP contribution in [0.1, 0.15) is 31.6 Å². The fraction of sp³-hybridized carbons (Fsp3) is 0.667. The number of nitrogens with zero attached hydrogens (tertiary/aromatic N) is 1. The minimum absolute atomic E-state index is 0.330. The first kappa shape index (κ1) is 12.1. The summed E-state index contributed by atoms with van der Waals surface area (Å²) in [6.07, 6.45) is 2.54. The van der Waals surface area contributed by atoms with Crippen molar-refractivity contribution in [1.29, 1.82) is 0 Å². The highest BCUT2D eigenvalue weighted by molar-refractivity contribution is 9.10. The molecule has 0 spiro atoms. The summed E-state index contributed by atoms with van der Waals surface area (Å²) in [5.74, 6) is 1.03. The Bertz CT molecular complexity index is 334. The lowest BCUT2D eigenvalue weighted by Crippen LogP contribution is -2.44. The molecule has 1 N–H and O–H groups in total. The number of hydrogen-bond acceptors (Lipinski definition) is 3. The minimum atomic E-state index is 0.330. The highest BCUT2D eigenvalue weighted by atomic mass is 79.9. The van der Waals surface area contributed by atoms with Crippen LogP contribution in [0.5, 0.6) is 0 Å². The van der Waals surface area contributed by atoms with Crippen molar-refractivity contribution in [2.45, 2.75) is 31.8 Å². The van der Waals surface area contributed by atoms with Gasteiger partial charge in [0.15, 0.2) is 4.67 Å². The zero-order chi connectivity index (χ0) is 11.5. The van der Waals surface area contributed by atoms with Crippen molar-refractivity contribution in [2.75, 3.05) is 20.1 Å². The Labute approximate surface area is 105 Å². The van der Waals surface area contributed by atoms with Gasteiger partial charge in [-0.15, -0.1) is 0 Å². The molecule has 2 atom stereocenters. The second kappa shape index (κ2) is 5.34. The normalized spacial score (nSPS) is 23.6. The van der Waals surface area contributed by atoms with Gasteiger partial charge >= 0.3 is 0 Å². The van der Waals surface area contributed by atoms with Crippen LogP contribution in [0.25, 0.3) is 0 Å². The van der Waals surface area contributed by atoms with E-state index in [0.29, 0.717) is 12.1 Å². The third kappa shape index (κ3) is 2.67. The van der Waals surface area contributed by atoms with Crippen LogP contribution in [-0.4, -0.2) is 31.1 Å². The summed E-state index contributed by atoms with van der Waals surface area (Å²) < 4.78 is 6.42. The van der Waals surface area contributed by atoms with Gasteiger partial charge in [0.05, 0.1) is 6.04 Å². The van der Waals surface area contributed by atoms with E-state index in [9.17, 15) is 0 Å². The van der Waals surface area contributed by atoms with E-state index in [4.69, 9.17) is 4.42 Å². The van der Waals surface area contributed by atoms with Crippen LogP contribution >= 0.6 is 15.9 Å². The van der Waals surface area contributed by atoms with Crippen molar-refractivity contribution in [3.05, 3.63) is 22.6 Å². The quantitative estimate of drug-likeness (QED) is 0.926. The Balaban J connectivity index is 2.00. The first-order chi connectivity index (χ1) is 7.68. The molecular formula is C12H19BrN2O. The fourth-order valence-corrected chi connectivity index (χ4v) is 2.57. The molecule has 0 aromatic carbocycles. The van der Waals surface area contributed by atoms with Gasteiger partial charge in [0.1, 0.15) is 5.76 Å². The summed E-state index contributed by atoms with van der Waals surface area (Å²) in [7, 11) is 2.18. The number of halogens is 1. The molecule has 3 nitrogen and oxygen atoms in total. The largest absolute Gasteiger partial charge is 0.453 e. The molecule has 2 rings (SSSR count). The van der Waals surface area contributed by atoms with E-state index >= 15 is 0 Å². The third-order valence-electron chi connectivity index (χ3n) is 3.46. The van der Waals surface area contributed by atoms with Crippen molar-refractivity contribution in [3.8, 4) is 0 Å².